The van der Waals surface area contributed by atoms with E-state index in [1.54, 1.807) is 12.4 Å². The SMILES string of the molecule is CNc1cncc(Oc2ccc(-c3ccccc3)cc2)c1. The van der Waals surface area contributed by atoms with Gasteiger partial charge in [-0.3, -0.25) is 4.98 Å². The molecule has 3 aromatic rings. The Morgan fingerprint density at radius 3 is 2.24 bits per heavy atom. The minimum Gasteiger partial charge on any atom is -0.456 e. The van der Waals surface area contributed by atoms with Crippen LogP contribution in [0, 0.1) is 0 Å². The molecule has 1 aromatic heterocycles. The molecule has 1 heterocycles. The Balaban J connectivity index is 1.78. The molecule has 3 rings (SSSR count). The molecule has 0 aliphatic carbocycles. The van der Waals surface area contributed by atoms with Gasteiger partial charge in [-0.2, -0.15) is 0 Å². The highest BCUT2D eigenvalue weighted by atomic mass is 16.5. The van der Waals surface area contributed by atoms with Crippen molar-refractivity contribution in [1.82, 2.24) is 4.98 Å². The lowest BCUT2D eigenvalue weighted by atomic mass is 10.1. The van der Waals surface area contributed by atoms with E-state index >= 15 is 0 Å². The fourth-order valence-corrected chi connectivity index (χ4v) is 2.09. The van der Waals surface area contributed by atoms with Crippen LogP contribution in [0.25, 0.3) is 11.1 Å². The molecule has 0 atom stereocenters. The number of pyridine rings is 1. The molecule has 0 fully saturated rings. The Morgan fingerprint density at radius 2 is 1.52 bits per heavy atom. The van der Waals surface area contributed by atoms with Gasteiger partial charge in [0.15, 0.2) is 0 Å². The van der Waals surface area contributed by atoms with Gasteiger partial charge in [0.05, 0.1) is 18.1 Å². The highest BCUT2D eigenvalue weighted by Crippen LogP contribution is 2.26. The molecule has 0 spiro atoms. The maximum atomic E-state index is 5.81. The molecular formula is C18H16N2O. The first-order valence-electron chi connectivity index (χ1n) is 6.81. The molecule has 0 amide bonds. The standard InChI is InChI=1S/C18H16N2O/c1-19-16-11-18(13-20-12-16)21-17-9-7-15(8-10-17)14-5-3-2-4-6-14/h2-13,19H,1H3. The number of ether oxygens (including phenoxy) is 1. The quantitative estimate of drug-likeness (QED) is 0.757. The number of rotatable bonds is 4. The predicted molar refractivity (Wildman–Crippen MR) is 85.7 cm³/mol. The largest absolute Gasteiger partial charge is 0.456 e. The van der Waals surface area contributed by atoms with Crippen LogP contribution in [0.3, 0.4) is 0 Å². The van der Waals surface area contributed by atoms with E-state index in [1.807, 2.05) is 43.4 Å². The van der Waals surface area contributed by atoms with Crippen LogP contribution < -0.4 is 10.1 Å². The minimum atomic E-state index is 0.717. The average Bonchev–Trinajstić information content (AvgIpc) is 2.56. The van der Waals surface area contributed by atoms with E-state index in [1.165, 1.54) is 11.1 Å². The van der Waals surface area contributed by atoms with Crippen LogP contribution in [0.2, 0.25) is 0 Å². The zero-order chi connectivity index (χ0) is 14.5. The van der Waals surface area contributed by atoms with Gasteiger partial charge in [-0.15, -0.1) is 0 Å². The monoisotopic (exact) mass is 276 g/mol. The maximum absolute atomic E-state index is 5.81. The molecule has 1 N–H and O–H groups in total. The van der Waals surface area contributed by atoms with Gasteiger partial charge >= 0.3 is 0 Å². The Morgan fingerprint density at radius 1 is 0.810 bits per heavy atom. The third-order valence-electron chi connectivity index (χ3n) is 3.20. The molecule has 0 bridgehead atoms. The zero-order valence-electron chi connectivity index (χ0n) is 11.8. The first-order chi connectivity index (χ1) is 10.3. The summed E-state index contributed by atoms with van der Waals surface area (Å²) >= 11 is 0. The van der Waals surface area contributed by atoms with Crippen molar-refractivity contribution in [3.05, 3.63) is 73.1 Å². The number of nitrogens with one attached hydrogen (secondary N) is 1. The highest BCUT2D eigenvalue weighted by molar-refractivity contribution is 5.64. The summed E-state index contributed by atoms with van der Waals surface area (Å²) in [5.41, 5.74) is 3.29. The van der Waals surface area contributed by atoms with Crippen LogP contribution in [0.1, 0.15) is 0 Å². The third kappa shape index (κ3) is 3.20. The van der Waals surface area contributed by atoms with E-state index in [2.05, 4.69) is 34.6 Å². The Kier molecular flexibility index (Phi) is 3.83. The normalized spacial score (nSPS) is 10.1. The maximum Gasteiger partial charge on any atom is 0.147 e. The molecular weight excluding hydrogens is 260 g/mol. The molecule has 104 valence electrons. The summed E-state index contributed by atoms with van der Waals surface area (Å²) in [5.74, 6) is 1.51. The van der Waals surface area contributed by atoms with E-state index < -0.39 is 0 Å². The first-order valence-corrected chi connectivity index (χ1v) is 6.81. The first kappa shape index (κ1) is 13.2. The third-order valence-corrected chi connectivity index (χ3v) is 3.20. The van der Waals surface area contributed by atoms with Crippen molar-refractivity contribution in [2.24, 2.45) is 0 Å². The molecule has 21 heavy (non-hydrogen) atoms. The zero-order valence-corrected chi connectivity index (χ0v) is 11.8. The predicted octanol–water partition coefficient (Wildman–Crippen LogP) is 4.58. The van der Waals surface area contributed by atoms with Gasteiger partial charge in [-0.25, -0.2) is 0 Å². The Hall–Kier alpha value is -2.81. The van der Waals surface area contributed by atoms with Crippen LogP contribution in [0.15, 0.2) is 73.1 Å². The second-order valence-corrected chi connectivity index (χ2v) is 4.65. The fraction of sp³-hybridized carbons (Fsp3) is 0.0556. The van der Waals surface area contributed by atoms with E-state index in [4.69, 9.17) is 4.74 Å². The molecule has 0 saturated heterocycles. The van der Waals surface area contributed by atoms with Gasteiger partial charge in [-0.05, 0) is 23.3 Å². The number of hydrogen-bond donors (Lipinski definition) is 1. The van der Waals surface area contributed by atoms with E-state index in [0.29, 0.717) is 5.75 Å². The van der Waals surface area contributed by atoms with Crippen molar-refractivity contribution in [1.29, 1.82) is 0 Å². The number of anilines is 1. The van der Waals surface area contributed by atoms with Crippen LogP contribution in [-0.2, 0) is 0 Å². The lowest BCUT2D eigenvalue weighted by Crippen LogP contribution is -1.91. The van der Waals surface area contributed by atoms with Crippen molar-refractivity contribution in [2.75, 3.05) is 12.4 Å². The van der Waals surface area contributed by atoms with E-state index in [-0.39, 0.29) is 0 Å². The minimum absolute atomic E-state index is 0.717. The summed E-state index contributed by atoms with van der Waals surface area (Å²) in [4.78, 5) is 4.13. The van der Waals surface area contributed by atoms with Crippen molar-refractivity contribution >= 4 is 5.69 Å². The molecule has 3 heteroatoms. The molecule has 3 nitrogen and oxygen atoms in total. The summed E-state index contributed by atoms with van der Waals surface area (Å²) in [5, 5.41) is 3.04. The summed E-state index contributed by atoms with van der Waals surface area (Å²) in [7, 11) is 1.86. The van der Waals surface area contributed by atoms with Crippen molar-refractivity contribution in [2.45, 2.75) is 0 Å². The number of aromatic nitrogens is 1. The topological polar surface area (TPSA) is 34.2 Å². The molecule has 0 unspecified atom stereocenters. The lowest BCUT2D eigenvalue weighted by molar-refractivity contribution is 0.480. The van der Waals surface area contributed by atoms with Crippen molar-refractivity contribution in [3.63, 3.8) is 0 Å². The van der Waals surface area contributed by atoms with Crippen LogP contribution in [0.4, 0.5) is 5.69 Å². The summed E-state index contributed by atoms with van der Waals surface area (Å²) in [6.07, 6.45) is 3.46. The van der Waals surface area contributed by atoms with Gasteiger partial charge < -0.3 is 10.1 Å². The van der Waals surface area contributed by atoms with Gasteiger partial charge in [0.25, 0.3) is 0 Å². The molecule has 0 aliphatic rings. The Bertz CT molecular complexity index is 709. The lowest BCUT2D eigenvalue weighted by Gasteiger charge is -2.08. The summed E-state index contributed by atoms with van der Waals surface area (Å²) in [6.45, 7) is 0. The van der Waals surface area contributed by atoms with Crippen LogP contribution >= 0.6 is 0 Å². The molecule has 0 saturated carbocycles. The summed E-state index contributed by atoms with van der Waals surface area (Å²) < 4.78 is 5.81. The molecule has 2 aromatic carbocycles. The van der Waals surface area contributed by atoms with E-state index in [0.717, 1.165) is 11.4 Å². The highest BCUT2D eigenvalue weighted by Gasteiger charge is 2.01. The van der Waals surface area contributed by atoms with Crippen LogP contribution in [-0.4, -0.2) is 12.0 Å². The number of nitrogens with zero attached hydrogens (tertiary/aromatic N) is 1. The second-order valence-electron chi connectivity index (χ2n) is 4.65. The Labute approximate surface area is 124 Å². The average molecular weight is 276 g/mol. The van der Waals surface area contributed by atoms with Gasteiger partial charge in [0.1, 0.15) is 11.5 Å². The second kappa shape index (κ2) is 6.09. The fourth-order valence-electron chi connectivity index (χ4n) is 2.09. The van der Waals surface area contributed by atoms with Crippen LogP contribution in [0.5, 0.6) is 11.5 Å². The van der Waals surface area contributed by atoms with Crippen molar-refractivity contribution < 1.29 is 4.74 Å². The number of benzene rings is 2. The smallest absolute Gasteiger partial charge is 0.147 e. The molecule has 0 radical (unpaired) electrons. The molecule has 0 aliphatic heterocycles. The van der Waals surface area contributed by atoms with Gasteiger partial charge in [0.2, 0.25) is 0 Å². The van der Waals surface area contributed by atoms with Crippen molar-refractivity contribution in [3.8, 4) is 22.6 Å². The van der Waals surface area contributed by atoms with E-state index in [9.17, 15) is 0 Å². The van der Waals surface area contributed by atoms with Gasteiger partial charge in [-0.1, -0.05) is 42.5 Å². The number of hydrogen-bond acceptors (Lipinski definition) is 3. The van der Waals surface area contributed by atoms with Gasteiger partial charge in [0, 0.05) is 13.1 Å². The summed E-state index contributed by atoms with van der Waals surface area (Å²) in [6, 6.07) is 20.2.